The molecule has 0 aromatic heterocycles. The van der Waals surface area contributed by atoms with E-state index in [9.17, 15) is 4.79 Å². The summed E-state index contributed by atoms with van der Waals surface area (Å²) in [6.45, 7) is 0.195. The summed E-state index contributed by atoms with van der Waals surface area (Å²) in [5, 5.41) is 2.52. The average molecular weight is 207 g/mol. The lowest BCUT2D eigenvalue weighted by atomic mass is 10.2. The van der Waals surface area contributed by atoms with Crippen molar-refractivity contribution in [3.63, 3.8) is 0 Å². The third-order valence-corrected chi connectivity index (χ3v) is 1.67. The first-order valence-corrected chi connectivity index (χ1v) is 4.45. The molecule has 15 heavy (non-hydrogen) atoms. The number of carbonyl (C=O) groups excluding carboxylic acids is 1. The molecule has 1 amide bonds. The zero-order valence-electron chi connectivity index (χ0n) is 8.43. The van der Waals surface area contributed by atoms with E-state index in [2.05, 4.69) is 10.3 Å². The molecule has 0 radical (unpaired) electrons. The highest BCUT2D eigenvalue weighted by Gasteiger charge is 2.00. The van der Waals surface area contributed by atoms with Crippen LogP contribution in [0.3, 0.4) is 0 Å². The minimum Gasteiger partial charge on any atom is -0.443 e. The van der Waals surface area contributed by atoms with Crippen LogP contribution in [0.15, 0.2) is 35.3 Å². The number of amides is 1. The molecule has 0 aliphatic heterocycles. The molecule has 5 heteroatoms. The number of rotatable bonds is 2. The van der Waals surface area contributed by atoms with E-state index in [1.54, 1.807) is 7.05 Å². The summed E-state index contributed by atoms with van der Waals surface area (Å²) in [5.74, 6) is 0.0352. The van der Waals surface area contributed by atoms with Crippen LogP contribution in [-0.2, 0) is 11.3 Å². The van der Waals surface area contributed by atoms with Crippen molar-refractivity contribution in [3.05, 3.63) is 35.9 Å². The van der Waals surface area contributed by atoms with Gasteiger partial charge in [0, 0.05) is 7.05 Å². The molecule has 80 valence electrons. The lowest BCUT2D eigenvalue weighted by molar-refractivity contribution is 0.150. The van der Waals surface area contributed by atoms with Gasteiger partial charge in [0.2, 0.25) is 0 Å². The van der Waals surface area contributed by atoms with Crippen LogP contribution < -0.4 is 11.1 Å². The maximum atomic E-state index is 11.1. The predicted octanol–water partition coefficient (Wildman–Crippen LogP) is 0.857. The van der Waals surface area contributed by atoms with Crippen LogP contribution in [0.5, 0.6) is 0 Å². The number of aliphatic imine (C=N–C) groups is 1. The van der Waals surface area contributed by atoms with Gasteiger partial charge in [0.1, 0.15) is 6.61 Å². The summed E-state index contributed by atoms with van der Waals surface area (Å²) < 4.78 is 4.85. The Morgan fingerprint density at radius 3 is 2.73 bits per heavy atom. The largest absolute Gasteiger partial charge is 0.443 e. The van der Waals surface area contributed by atoms with Gasteiger partial charge in [0.25, 0.3) is 0 Å². The second-order valence-corrected chi connectivity index (χ2v) is 2.79. The van der Waals surface area contributed by atoms with Crippen LogP contribution in [0.25, 0.3) is 0 Å². The number of nitrogens with two attached hydrogens (primary N) is 1. The van der Waals surface area contributed by atoms with E-state index in [0.29, 0.717) is 0 Å². The Balaban J connectivity index is 2.41. The number of ether oxygens (including phenoxy) is 1. The Bertz CT molecular complexity index is 349. The van der Waals surface area contributed by atoms with Gasteiger partial charge in [-0.2, -0.15) is 0 Å². The number of nitrogens with one attached hydrogen (secondary N) is 1. The van der Waals surface area contributed by atoms with Gasteiger partial charge in [-0.3, -0.25) is 0 Å². The molecule has 1 aromatic rings. The quantitative estimate of drug-likeness (QED) is 0.557. The number of carbonyl (C=O) groups is 1. The minimum atomic E-state index is -0.703. The van der Waals surface area contributed by atoms with Gasteiger partial charge >= 0.3 is 6.09 Å². The van der Waals surface area contributed by atoms with Gasteiger partial charge in [-0.05, 0) is 5.56 Å². The molecule has 5 nitrogen and oxygen atoms in total. The van der Waals surface area contributed by atoms with Crippen molar-refractivity contribution in [2.24, 2.45) is 10.7 Å². The summed E-state index contributed by atoms with van der Waals surface area (Å²) in [7, 11) is 1.57. The van der Waals surface area contributed by atoms with Crippen molar-refractivity contribution in [2.45, 2.75) is 6.61 Å². The molecule has 0 fully saturated rings. The van der Waals surface area contributed by atoms with E-state index in [-0.39, 0.29) is 12.6 Å². The first kappa shape index (κ1) is 11.0. The van der Waals surface area contributed by atoms with Gasteiger partial charge in [-0.25, -0.2) is 4.79 Å². The van der Waals surface area contributed by atoms with E-state index in [1.807, 2.05) is 30.3 Å². The molecule has 0 atom stereocenters. The van der Waals surface area contributed by atoms with E-state index >= 15 is 0 Å². The number of hydrogen-bond donors (Lipinski definition) is 2. The fourth-order valence-electron chi connectivity index (χ4n) is 0.906. The van der Waals surface area contributed by atoms with E-state index in [0.717, 1.165) is 5.56 Å². The first-order valence-electron chi connectivity index (χ1n) is 4.45. The lowest BCUT2D eigenvalue weighted by Gasteiger charge is -2.01. The molecule has 0 heterocycles. The third kappa shape index (κ3) is 4.12. The van der Waals surface area contributed by atoms with E-state index in [4.69, 9.17) is 10.5 Å². The molecule has 1 aromatic carbocycles. The van der Waals surface area contributed by atoms with Crippen LogP contribution in [0.4, 0.5) is 4.79 Å². The number of guanidine groups is 1. The topological polar surface area (TPSA) is 76.7 Å². The Morgan fingerprint density at radius 2 is 2.13 bits per heavy atom. The Morgan fingerprint density at radius 1 is 1.47 bits per heavy atom. The molecule has 0 aliphatic rings. The maximum Gasteiger partial charge on any atom is 0.437 e. The van der Waals surface area contributed by atoms with Gasteiger partial charge in [0.15, 0.2) is 5.96 Å². The first-order chi connectivity index (χ1) is 7.22. The van der Waals surface area contributed by atoms with Crippen molar-refractivity contribution in [3.8, 4) is 0 Å². The predicted molar refractivity (Wildman–Crippen MR) is 57.3 cm³/mol. The molecular weight excluding hydrogens is 194 g/mol. The van der Waals surface area contributed by atoms with Crippen molar-refractivity contribution >= 4 is 12.1 Å². The number of hydrogen-bond acceptors (Lipinski definition) is 2. The second-order valence-electron chi connectivity index (χ2n) is 2.79. The molecule has 0 aliphatic carbocycles. The zero-order valence-corrected chi connectivity index (χ0v) is 8.43. The summed E-state index contributed by atoms with van der Waals surface area (Å²) in [6, 6.07) is 9.35. The standard InChI is InChI=1S/C10H13N3O2/c1-12-9(11)13-10(14)15-7-8-5-3-2-4-6-8/h2-6H,7H2,1H3,(H3,11,12,13,14). The van der Waals surface area contributed by atoms with E-state index in [1.165, 1.54) is 0 Å². The molecule has 1 rings (SSSR count). The highest BCUT2D eigenvalue weighted by molar-refractivity contribution is 5.88. The van der Waals surface area contributed by atoms with Crippen molar-refractivity contribution in [1.82, 2.24) is 5.32 Å². The van der Waals surface area contributed by atoms with Gasteiger partial charge < -0.3 is 15.8 Å². The molecule has 0 bridgehead atoms. The molecule has 3 N–H and O–H groups in total. The zero-order chi connectivity index (χ0) is 11.1. The minimum absolute atomic E-state index is 0.0352. The van der Waals surface area contributed by atoms with Crippen LogP contribution in [0.1, 0.15) is 5.56 Å². The highest BCUT2D eigenvalue weighted by atomic mass is 16.5. The summed E-state index contributed by atoms with van der Waals surface area (Å²) in [5.41, 5.74) is 6.19. The van der Waals surface area contributed by atoms with Crippen LogP contribution in [0, 0.1) is 0 Å². The van der Waals surface area contributed by atoms with Crippen LogP contribution >= 0.6 is 0 Å². The van der Waals surface area contributed by atoms with Gasteiger partial charge in [-0.15, -0.1) is 4.99 Å². The SMILES string of the molecule is CNC(N)=NC(=O)OCc1ccccc1. The van der Waals surface area contributed by atoms with E-state index < -0.39 is 6.09 Å². The maximum absolute atomic E-state index is 11.1. The third-order valence-electron chi connectivity index (χ3n) is 1.67. The van der Waals surface area contributed by atoms with Gasteiger partial charge in [-0.1, -0.05) is 30.3 Å². The summed E-state index contributed by atoms with van der Waals surface area (Å²) in [6.07, 6.45) is -0.703. The average Bonchev–Trinajstić information content (AvgIpc) is 2.27. The van der Waals surface area contributed by atoms with Crippen LogP contribution in [0.2, 0.25) is 0 Å². The van der Waals surface area contributed by atoms with Crippen LogP contribution in [-0.4, -0.2) is 19.1 Å². The van der Waals surface area contributed by atoms with Crippen molar-refractivity contribution in [1.29, 1.82) is 0 Å². The molecule has 0 unspecified atom stereocenters. The fourth-order valence-corrected chi connectivity index (χ4v) is 0.906. The Kier molecular flexibility index (Phi) is 4.15. The van der Waals surface area contributed by atoms with Gasteiger partial charge in [0.05, 0.1) is 0 Å². The summed E-state index contributed by atoms with van der Waals surface area (Å²) >= 11 is 0. The highest BCUT2D eigenvalue weighted by Crippen LogP contribution is 2.01. The number of nitrogens with zero attached hydrogens (tertiary/aromatic N) is 1. The van der Waals surface area contributed by atoms with Crippen molar-refractivity contribution < 1.29 is 9.53 Å². The van der Waals surface area contributed by atoms with Crippen molar-refractivity contribution in [2.75, 3.05) is 7.05 Å². The lowest BCUT2D eigenvalue weighted by Crippen LogP contribution is -2.28. The molecule has 0 saturated carbocycles. The normalized spacial score (nSPS) is 10.9. The Hall–Kier alpha value is -2.04. The molecular formula is C10H13N3O2. The molecule has 0 spiro atoms. The summed E-state index contributed by atoms with van der Waals surface area (Å²) in [4.78, 5) is 14.5. The second kappa shape index (κ2) is 5.64. The molecule has 0 saturated heterocycles. The monoisotopic (exact) mass is 207 g/mol. The smallest absolute Gasteiger partial charge is 0.437 e. The number of benzene rings is 1. The Labute approximate surface area is 88.0 Å². The fraction of sp³-hybridized carbons (Fsp3) is 0.200.